The molecule has 29 heavy (non-hydrogen) atoms. The van der Waals surface area contributed by atoms with Gasteiger partial charge in [-0.05, 0) is 44.8 Å². The molecular formula is C18H27ClN4O6. The van der Waals surface area contributed by atoms with Gasteiger partial charge < -0.3 is 24.7 Å². The minimum Gasteiger partial charge on any atom is -0.395 e. The van der Waals surface area contributed by atoms with Gasteiger partial charge in [-0.15, -0.1) is 12.4 Å². The molecule has 0 bridgehead atoms. The summed E-state index contributed by atoms with van der Waals surface area (Å²) < 4.78 is 10.4. The molecule has 2 fully saturated rings. The summed E-state index contributed by atoms with van der Waals surface area (Å²) in [5, 5.41) is 17.1. The van der Waals surface area contributed by atoms with E-state index in [0.717, 1.165) is 32.0 Å². The van der Waals surface area contributed by atoms with Crippen LogP contribution in [0.4, 0.5) is 5.88 Å². The van der Waals surface area contributed by atoms with Crippen molar-refractivity contribution in [3.63, 3.8) is 0 Å². The highest BCUT2D eigenvalue weighted by molar-refractivity contribution is 5.96. The number of likely N-dealkylation sites (tertiary alicyclic amines) is 1. The Morgan fingerprint density at radius 3 is 2.76 bits per heavy atom. The maximum absolute atomic E-state index is 12.8. The van der Waals surface area contributed by atoms with Crippen molar-refractivity contribution in [1.82, 2.24) is 15.5 Å². The molecule has 0 radical (unpaired) electrons. The molecule has 162 valence electrons. The van der Waals surface area contributed by atoms with Crippen LogP contribution in [-0.4, -0.2) is 67.6 Å². The van der Waals surface area contributed by atoms with Crippen molar-refractivity contribution in [2.24, 2.45) is 5.41 Å². The third kappa shape index (κ3) is 5.26. The first-order chi connectivity index (χ1) is 13.5. The van der Waals surface area contributed by atoms with Gasteiger partial charge >= 0.3 is 5.88 Å². The number of nitro groups is 1. The smallest absolute Gasteiger partial charge is 0.395 e. The van der Waals surface area contributed by atoms with Crippen molar-refractivity contribution in [1.29, 1.82) is 0 Å². The Labute approximate surface area is 174 Å². The zero-order chi connectivity index (χ0) is 20.1. The Balaban J connectivity index is 0.00000300. The first-order valence-electron chi connectivity index (χ1n) is 9.48. The predicted molar refractivity (Wildman–Crippen MR) is 106 cm³/mol. The number of rotatable bonds is 7. The predicted octanol–water partition coefficient (Wildman–Crippen LogP) is 1.35. The summed E-state index contributed by atoms with van der Waals surface area (Å²) in [5.74, 6) is -1.32. The lowest BCUT2D eigenvalue weighted by molar-refractivity contribution is -0.402. The second-order valence-corrected chi connectivity index (χ2v) is 7.45. The maximum atomic E-state index is 12.8. The highest BCUT2D eigenvalue weighted by atomic mass is 35.5. The molecule has 2 saturated heterocycles. The summed E-state index contributed by atoms with van der Waals surface area (Å²) in [7, 11) is 1.66. The minimum atomic E-state index is -0.695. The third-order valence-corrected chi connectivity index (χ3v) is 5.55. The zero-order valence-electron chi connectivity index (χ0n) is 16.3. The summed E-state index contributed by atoms with van der Waals surface area (Å²) in [6.07, 6.45) is 3.06. The van der Waals surface area contributed by atoms with Gasteiger partial charge in [0.15, 0.2) is 5.76 Å². The van der Waals surface area contributed by atoms with Crippen molar-refractivity contribution in [2.75, 3.05) is 39.9 Å². The summed E-state index contributed by atoms with van der Waals surface area (Å²) in [6, 6.07) is 1.82. The lowest BCUT2D eigenvalue weighted by Gasteiger charge is -2.37. The molecule has 2 aliphatic heterocycles. The Bertz CT molecular complexity index is 728. The fourth-order valence-corrected chi connectivity index (χ4v) is 3.99. The van der Waals surface area contributed by atoms with Crippen LogP contribution in [0, 0.1) is 15.5 Å². The molecule has 10 nitrogen and oxygen atoms in total. The number of hydrogen-bond donors (Lipinski definition) is 2. The highest BCUT2D eigenvalue weighted by Crippen LogP contribution is 2.29. The van der Waals surface area contributed by atoms with Crippen molar-refractivity contribution in [3.05, 3.63) is 28.0 Å². The number of hydrogen-bond acceptors (Lipinski definition) is 7. The molecule has 1 unspecified atom stereocenters. The van der Waals surface area contributed by atoms with E-state index in [2.05, 4.69) is 10.6 Å². The molecule has 3 heterocycles. The van der Waals surface area contributed by atoms with Gasteiger partial charge in [0.2, 0.25) is 5.91 Å². The molecule has 2 amide bonds. The lowest BCUT2D eigenvalue weighted by atomic mass is 9.79. The topological polar surface area (TPSA) is 127 Å². The fraction of sp³-hybridized carbons (Fsp3) is 0.667. The van der Waals surface area contributed by atoms with Gasteiger partial charge in [-0.3, -0.25) is 19.7 Å². The van der Waals surface area contributed by atoms with Gasteiger partial charge in [0.25, 0.3) is 5.91 Å². The number of carbonyl (C=O) groups excluding carboxylic acids is 2. The molecule has 0 aliphatic carbocycles. The van der Waals surface area contributed by atoms with E-state index in [1.165, 1.54) is 11.0 Å². The standard InChI is InChI=1S/C18H26N4O6.ClH/c1-27-12-18(6-8-19-9-7-18)11-20-16(23)13-3-2-10-21(13)17(24)14-4-5-15(28-14)22(25)26;/h4-5,13,19H,2-3,6-12H2,1H3,(H,20,23);1H. The minimum absolute atomic E-state index is 0. The van der Waals surface area contributed by atoms with E-state index < -0.39 is 22.8 Å². The first kappa shape index (κ1) is 23.1. The van der Waals surface area contributed by atoms with Crippen molar-refractivity contribution < 1.29 is 23.7 Å². The van der Waals surface area contributed by atoms with Gasteiger partial charge in [0.1, 0.15) is 11.0 Å². The fourth-order valence-electron chi connectivity index (χ4n) is 3.99. The second-order valence-electron chi connectivity index (χ2n) is 7.45. The molecule has 11 heteroatoms. The number of methoxy groups -OCH3 is 1. The number of halogens is 1. The Hall–Kier alpha value is -2.17. The Morgan fingerprint density at radius 1 is 1.41 bits per heavy atom. The first-order valence-corrected chi connectivity index (χ1v) is 9.48. The average Bonchev–Trinajstić information content (AvgIpc) is 3.36. The molecule has 1 aromatic heterocycles. The van der Waals surface area contributed by atoms with Crippen molar-refractivity contribution in [2.45, 2.75) is 31.7 Å². The van der Waals surface area contributed by atoms with E-state index in [0.29, 0.717) is 32.5 Å². The van der Waals surface area contributed by atoms with Crippen LogP contribution >= 0.6 is 12.4 Å². The van der Waals surface area contributed by atoms with Gasteiger partial charge in [0.05, 0.1) is 12.7 Å². The molecule has 0 aromatic carbocycles. The molecule has 3 rings (SSSR count). The van der Waals surface area contributed by atoms with Crippen LogP contribution in [0.3, 0.4) is 0 Å². The molecule has 2 N–H and O–H groups in total. The molecule has 0 spiro atoms. The van der Waals surface area contributed by atoms with Crippen molar-refractivity contribution >= 4 is 30.1 Å². The van der Waals surface area contributed by atoms with Crippen LogP contribution in [0.5, 0.6) is 0 Å². The van der Waals surface area contributed by atoms with Gasteiger partial charge in [-0.25, -0.2) is 0 Å². The van der Waals surface area contributed by atoms with Crippen LogP contribution in [0.1, 0.15) is 36.2 Å². The summed E-state index contributed by atoms with van der Waals surface area (Å²) in [4.78, 5) is 37.0. The van der Waals surface area contributed by atoms with Gasteiger partial charge in [-0.1, -0.05) is 0 Å². The zero-order valence-corrected chi connectivity index (χ0v) is 17.2. The van der Waals surface area contributed by atoms with E-state index >= 15 is 0 Å². The van der Waals surface area contributed by atoms with E-state index in [4.69, 9.17) is 9.15 Å². The molecule has 1 atom stereocenters. The quantitative estimate of drug-likeness (QED) is 0.493. The largest absolute Gasteiger partial charge is 0.433 e. The van der Waals surface area contributed by atoms with E-state index in [1.807, 2.05) is 0 Å². The molecule has 0 saturated carbocycles. The molecule has 1 aromatic rings. The van der Waals surface area contributed by atoms with Crippen LogP contribution in [-0.2, 0) is 9.53 Å². The summed E-state index contributed by atoms with van der Waals surface area (Å²) >= 11 is 0. The average molecular weight is 431 g/mol. The monoisotopic (exact) mass is 430 g/mol. The third-order valence-electron chi connectivity index (χ3n) is 5.55. The van der Waals surface area contributed by atoms with E-state index in [1.54, 1.807) is 7.11 Å². The van der Waals surface area contributed by atoms with Crippen LogP contribution in [0.15, 0.2) is 16.5 Å². The molecule has 2 aliphatic rings. The van der Waals surface area contributed by atoms with Crippen molar-refractivity contribution in [3.8, 4) is 0 Å². The van der Waals surface area contributed by atoms with Crippen LogP contribution in [0.25, 0.3) is 0 Å². The number of amides is 2. The van der Waals surface area contributed by atoms with E-state index in [-0.39, 0.29) is 29.5 Å². The van der Waals surface area contributed by atoms with Crippen LogP contribution in [0.2, 0.25) is 0 Å². The van der Waals surface area contributed by atoms with Crippen LogP contribution < -0.4 is 10.6 Å². The number of carbonyl (C=O) groups is 2. The Kier molecular flexibility index (Phi) is 8.00. The van der Waals surface area contributed by atoms with Gasteiger partial charge in [0, 0.05) is 25.6 Å². The summed E-state index contributed by atoms with van der Waals surface area (Å²) in [5.41, 5.74) is -0.106. The highest BCUT2D eigenvalue weighted by Gasteiger charge is 2.38. The SMILES string of the molecule is COCC1(CNC(=O)C2CCCN2C(=O)c2ccc([N+](=O)[O-])o2)CCNCC1.Cl. The maximum Gasteiger partial charge on any atom is 0.433 e. The summed E-state index contributed by atoms with van der Waals surface area (Å²) in [6.45, 7) is 3.23. The lowest BCUT2D eigenvalue weighted by Crippen LogP contribution is -2.51. The number of piperidine rings is 1. The second kappa shape index (κ2) is 10.0. The number of ether oxygens (including phenoxy) is 1. The van der Waals surface area contributed by atoms with E-state index in [9.17, 15) is 19.7 Å². The normalized spacial score (nSPS) is 20.7. The molecular weight excluding hydrogens is 404 g/mol. The van der Waals surface area contributed by atoms with Gasteiger partial charge in [-0.2, -0.15) is 0 Å². The number of nitrogens with one attached hydrogen (secondary N) is 2. The number of furan rings is 1. The Morgan fingerprint density at radius 2 is 2.14 bits per heavy atom. The number of nitrogens with zero attached hydrogens (tertiary/aromatic N) is 2.